The number of rotatable bonds is 5. The lowest BCUT2D eigenvalue weighted by Crippen LogP contribution is -2.34. The lowest BCUT2D eigenvalue weighted by Gasteiger charge is -2.27. The Labute approximate surface area is 217 Å². The summed E-state index contributed by atoms with van der Waals surface area (Å²) >= 11 is 6.30. The van der Waals surface area contributed by atoms with Gasteiger partial charge < -0.3 is 5.32 Å². The minimum absolute atomic E-state index is 0.171. The molecule has 1 amide bonds. The Hall–Kier alpha value is -4.06. The minimum Gasteiger partial charge on any atom is -0.333 e. The fraction of sp³-hybridized carbons (Fsp3) is 0.179. The molecule has 1 N–H and O–H groups in total. The predicted octanol–water partition coefficient (Wildman–Crippen LogP) is 5.67. The third kappa shape index (κ3) is 5.38. The number of fused-ring (bicyclic) bond motifs is 3. The van der Waals surface area contributed by atoms with E-state index in [0.717, 1.165) is 28.7 Å². The SMILES string of the molecule is N#Cc1cc(F)cc(/C=C/CN2CCc3c(c4cc(Cl)ccc4n3C(=O)NCc3ccnc(F)c3)C2)c1. The van der Waals surface area contributed by atoms with Gasteiger partial charge in [0.15, 0.2) is 0 Å². The zero-order chi connectivity index (χ0) is 25.9. The average molecular weight is 518 g/mol. The predicted molar refractivity (Wildman–Crippen MR) is 138 cm³/mol. The molecule has 37 heavy (non-hydrogen) atoms. The van der Waals surface area contributed by atoms with Gasteiger partial charge in [-0.25, -0.2) is 14.2 Å². The molecule has 0 bridgehead atoms. The van der Waals surface area contributed by atoms with Crippen molar-refractivity contribution in [3.8, 4) is 6.07 Å². The number of halogens is 3. The summed E-state index contributed by atoms with van der Waals surface area (Å²) in [5.41, 5.74) is 4.23. The van der Waals surface area contributed by atoms with Crippen molar-refractivity contribution in [1.29, 1.82) is 5.26 Å². The van der Waals surface area contributed by atoms with Crippen molar-refractivity contribution in [3.05, 3.63) is 106 Å². The van der Waals surface area contributed by atoms with E-state index >= 15 is 0 Å². The average Bonchev–Trinajstić information content (AvgIpc) is 3.20. The number of pyridine rings is 1. The van der Waals surface area contributed by atoms with Gasteiger partial charge in [-0.3, -0.25) is 9.47 Å². The quantitative estimate of drug-likeness (QED) is 0.346. The molecule has 2 aromatic carbocycles. The van der Waals surface area contributed by atoms with Crippen LogP contribution in [0, 0.1) is 23.1 Å². The molecule has 6 nitrogen and oxygen atoms in total. The first-order valence-electron chi connectivity index (χ1n) is 11.7. The van der Waals surface area contributed by atoms with E-state index in [1.165, 1.54) is 24.4 Å². The van der Waals surface area contributed by atoms with Crippen LogP contribution in [0.15, 0.2) is 60.8 Å². The minimum atomic E-state index is -0.595. The van der Waals surface area contributed by atoms with E-state index in [4.69, 9.17) is 16.9 Å². The molecule has 0 spiro atoms. The van der Waals surface area contributed by atoms with Gasteiger partial charge in [0.1, 0.15) is 5.82 Å². The van der Waals surface area contributed by atoms with E-state index in [-0.39, 0.29) is 18.1 Å². The molecule has 0 fully saturated rings. The maximum absolute atomic E-state index is 13.7. The summed E-state index contributed by atoms with van der Waals surface area (Å²) in [7, 11) is 0. The Bertz CT molecular complexity index is 1570. The van der Waals surface area contributed by atoms with Crippen LogP contribution in [0.25, 0.3) is 17.0 Å². The molecule has 0 saturated heterocycles. The zero-order valence-corrected chi connectivity index (χ0v) is 20.5. The molecule has 0 aliphatic carbocycles. The van der Waals surface area contributed by atoms with Crippen molar-refractivity contribution in [2.45, 2.75) is 19.5 Å². The summed E-state index contributed by atoms with van der Waals surface area (Å²) in [4.78, 5) is 19.0. The number of carbonyl (C=O) groups excluding carboxylic acids is 1. The summed E-state index contributed by atoms with van der Waals surface area (Å²) < 4.78 is 28.8. The molecule has 186 valence electrons. The first-order valence-corrected chi connectivity index (χ1v) is 12.1. The largest absolute Gasteiger partial charge is 0.333 e. The van der Waals surface area contributed by atoms with Crippen molar-refractivity contribution in [3.63, 3.8) is 0 Å². The van der Waals surface area contributed by atoms with Gasteiger partial charge in [0.2, 0.25) is 5.95 Å². The summed E-state index contributed by atoms with van der Waals surface area (Å²) in [5, 5.41) is 13.4. The van der Waals surface area contributed by atoms with Gasteiger partial charge >= 0.3 is 6.03 Å². The molecular formula is C28H22ClF2N5O. The molecule has 0 atom stereocenters. The van der Waals surface area contributed by atoms with Crippen LogP contribution in [0.3, 0.4) is 0 Å². The van der Waals surface area contributed by atoms with Gasteiger partial charge in [-0.05, 0) is 65.2 Å². The number of hydrogen-bond acceptors (Lipinski definition) is 4. The van der Waals surface area contributed by atoms with Crippen molar-refractivity contribution < 1.29 is 13.6 Å². The topological polar surface area (TPSA) is 74.0 Å². The van der Waals surface area contributed by atoms with Gasteiger partial charge in [-0.15, -0.1) is 0 Å². The fourth-order valence-electron chi connectivity index (χ4n) is 4.69. The normalized spacial score (nSPS) is 13.6. The number of amides is 1. The molecule has 1 aliphatic rings. The molecule has 1 aliphatic heterocycles. The van der Waals surface area contributed by atoms with E-state index in [1.807, 2.05) is 24.3 Å². The molecule has 4 aromatic rings. The Morgan fingerprint density at radius 1 is 1.19 bits per heavy atom. The number of hydrogen-bond donors (Lipinski definition) is 1. The first-order chi connectivity index (χ1) is 17.9. The first kappa shape index (κ1) is 24.6. The number of aromatic nitrogens is 2. The monoisotopic (exact) mass is 517 g/mol. The maximum atomic E-state index is 13.7. The smallest absolute Gasteiger partial charge is 0.326 e. The molecular weight excluding hydrogens is 496 g/mol. The summed E-state index contributed by atoms with van der Waals surface area (Å²) in [6.07, 6.45) is 5.75. The Balaban J connectivity index is 1.37. The van der Waals surface area contributed by atoms with Crippen LogP contribution in [0.2, 0.25) is 5.02 Å². The molecule has 5 rings (SSSR count). The summed E-state index contributed by atoms with van der Waals surface area (Å²) in [5.74, 6) is -1.04. The van der Waals surface area contributed by atoms with E-state index in [9.17, 15) is 13.6 Å². The van der Waals surface area contributed by atoms with Crippen LogP contribution < -0.4 is 5.32 Å². The molecule has 3 heterocycles. The molecule has 0 saturated carbocycles. The van der Waals surface area contributed by atoms with Crippen molar-refractivity contribution in [2.24, 2.45) is 0 Å². The van der Waals surface area contributed by atoms with Crippen molar-refractivity contribution in [2.75, 3.05) is 13.1 Å². The Morgan fingerprint density at radius 2 is 2.05 bits per heavy atom. The van der Waals surface area contributed by atoms with Crippen molar-refractivity contribution >= 4 is 34.6 Å². The summed E-state index contributed by atoms with van der Waals surface area (Å²) in [6, 6.07) is 14.3. The molecule has 9 heteroatoms. The van der Waals surface area contributed by atoms with Gasteiger partial charge in [0.25, 0.3) is 0 Å². The highest BCUT2D eigenvalue weighted by atomic mass is 35.5. The standard InChI is InChI=1S/C28H22ClF2N5O/c29-21-3-4-25-23(14-21)24-17-35(8-1-2-18-10-20(15-32)12-22(30)11-18)9-6-26(24)36(25)28(37)34-16-19-5-7-33-27(31)13-19/h1-5,7,10-14H,6,8-9,16-17H2,(H,34,37)/b2-1+. The highest BCUT2D eigenvalue weighted by Crippen LogP contribution is 2.32. The zero-order valence-electron chi connectivity index (χ0n) is 19.7. The van der Waals surface area contributed by atoms with Gasteiger partial charge in [0.05, 0.1) is 17.1 Å². The van der Waals surface area contributed by atoms with E-state index in [2.05, 4.69) is 15.2 Å². The lowest BCUT2D eigenvalue weighted by molar-refractivity contribution is 0.240. The van der Waals surface area contributed by atoms with Crippen LogP contribution in [-0.4, -0.2) is 33.6 Å². The summed E-state index contributed by atoms with van der Waals surface area (Å²) in [6.45, 7) is 2.12. The van der Waals surface area contributed by atoms with Crippen LogP contribution in [-0.2, 0) is 19.5 Å². The second-order valence-electron chi connectivity index (χ2n) is 8.84. The van der Waals surface area contributed by atoms with Gasteiger partial charge in [-0.1, -0.05) is 23.8 Å². The highest BCUT2D eigenvalue weighted by molar-refractivity contribution is 6.31. The fourth-order valence-corrected chi connectivity index (χ4v) is 4.87. The van der Waals surface area contributed by atoms with E-state index in [0.29, 0.717) is 35.7 Å². The van der Waals surface area contributed by atoms with Crippen LogP contribution in [0.1, 0.15) is 27.9 Å². The molecule has 2 aromatic heterocycles. The molecule has 0 unspecified atom stereocenters. The number of nitriles is 1. The lowest BCUT2D eigenvalue weighted by atomic mass is 10.0. The third-order valence-corrected chi connectivity index (χ3v) is 6.59. The van der Waals surface area contributed by atoms with Crippen molar-refractivity contribution in [1.82, 2.24) is 19.8 Å². The number of benzene rings is 2. The van der Waals surface area contributed by atoms with E-state index in [1.54, 1.807) is 28.8 Å². The van der Waals surface area contributed by atoms with Crippen LogP contribution >= 0.6 is 11.6 Å². The number of nitrogens with one attached hydrogen (secondary N) is 1. The van der Waals surface area contributed by atoms with Gasteiger partial charge in [-0.2, -0.15) is 9.65 Å². The Morgan fingerprint density at radius 3 is 2.86 bits per heavy atom. The van der Waals surface area contributed by atoms with Crippen LogP contribution in [0.5, 0.6) is 0 Å². The second-order valence-corrected chi connectivity index (χ2v) is 9.28. The van der Waals surface area contributed by atoms with Crippen LogP contribution in [0.4, 0.5) is 13.6 Å². The number of carbonyl (C=O) groups is 1. The second kappa shape index (κ2) is 10.5. The highest BCUT2D eigenvalue weighted by Gasteiger charge is 2.26. The van der Waals surface area contributed by atoms with Gasteiger partial charge in [0, 0.05) is 54.9 Å². The maximum Gasteiger partial charge on any atom is 0.326 e. The van der Waals surface area contributed by atoms with E-state index < -0.39 is 11.8 Å². The Kier molecular flexibility index (Phi) is 6.99. The number of nitrogens with zero attached hydrogens (tertiary/aromatic N) is 4. The molecule has 0 radical (unpaired) electrons. The third-order valence-electron chi connectivity index (χ3n) is 6.35.